The Hall–Kier alpha value is -2.37. The average molecular weight is 401 g/mol. The molecular weight excluding hydrogens is 383 g/mol. The van der Waals surface area contributed by atoms with Gasteiger partial charge in [-0.15, -0.1) is 0 Å². The summed E-state index contributed by atoms with van der Waals surface area (Å²) in [5.74, 6) is -0.105. The summed E-state index contributed by atoms with van der Waals surface area (Å²) in [5, 5.41) is 5.37. The maximum Gasteiger partial charge on any atom is 0.277 e. The van der Waals surface area contributed by atoms with E-state index in [4.69, 9.17) is 23.2 Å². The van der Waals surface area contributed by atoms with Gasteiger partial charge in [-0.2, -0.15) is 5.10 Å². The monoisotopic (exact) mass is 400 g/mol. The van der Waals surface area contributed by atoms with Crippen LogP contribution in [0.5, 0.6) is 0 Å². The predicted octanol–water partition coefficient (Wildman–Crippen LogP) is 5.09. The van der Waals surface area contributed by atoms with E-state index in [2.05, 4.69) is 10.1 Å². The SMILES string of the molecule is Cc1cc(-c2cnn3c2C(=O)N(c2ccc(Cl)c(Cl)c2)C[C@@H]3C)cc(C)n1. The number of halogens is 2. The normalized spacial score (nSPS) is 16.6. The number of aromatic nitrogens is 3. The third kappa shape index (κ3) is 3.11. The van der Waals surface area contributed by atoms with Crippen LogP contribution in [0.4, 0.5) is 5.69 Å². The van der Waals surface area contributed by atoms with Crippen molar-refractivity contribution in [2.75, 3.05) is 11.4 Å². The number of anilines is 1. The molecule has 138 valence electrons. The Kier molecular flexibility index (Phi) is 4.44. The summed E-state index contributed by atoms with van der Waals surface area (Å²) in [6.07, 6.45) is 1.76. The first-order chi connectivity index (χ1) is 12.8. The summed E-state index contributed by atoms with van der Waals surface area (Å²) >= 11 is 12.2. The van der Waals surface area contributed by atoms with Crippen LogP contribution in [0.2, 0.25) is 10.0 Å². The lowest BCUT2D eigenvalue weighted by atomic mass is 10.0. The molecule has 3 heterocycles. The summed E-state index contributed by atoms with van der Waals surface area (Å²) in [6, 6.07) is 9.22. The number of fused-ring (bicyclic) bond motifs is 1. The smallest absolute Gasteiger partial charge is 0.277 e. The zero-order valence-electron chi connectivity index (χ0n) is 15.2. The minimum atomic E-state index is -0.105. The van der Waals surface area contributed by atoms with E-state index in [9.17, 15) is 4.79 Å². The van der Waals surface area contributed by atoms with Crippen LogP contribution in [0.15, 0.2) is 36.5 Å². The molecule has 0 saturated heterocycles. The van der Waals surface area contributed by atoms with Crippen LogP contribution in [0.25, 0.3) is 11.1 Å². The van der Waals surface area contributed by atoms with Gasteiger partial charge in [0.15, 0.2) is 0 Å². The molecule has 0 radical (unpaired) electrons. The van der Waals surface area contributed by atoms with E-state index >= 15 is 0 Å². The molecular formula is C20H18Cl2N4O. The summed E-state index contributed by atoms with van der Waals surface area (Å²) in [7, 11) is 0. The number of nitrogens with zero attached hydrogens (tertiary/aromatic N) is 4. The van der Waals surface area contributed by atoms with Crippen LogP contribution in [-0.2, 0) is 0 Å². The molecule has 4 rings (SSSR count). The Morgan fingerprint density at radius 1 is 1.07 bits per heavy atom. The van der Waals surface area contributed by atoms with Gasteiger partial charge in [0.05, 0.1) is 22.3 Å². The van der Waals surface area contributed by atoms with E-state index < -0.39 is 0 Å². The summed E-state index contributed by atoms with van der Waals surface area (Å²) in [6.45, 7) is 6.44. The van der Waals surface area contributed by atoms with Gasteiger partial charge in [-0.3, -0.25) is 14.5 Å². The Bertz CT molecular complexity index is 1040. The lowest BCUT2D eigenvalue weighted by molar-refractivity contribution is 0.0954. The number of hydrogen-bond acceptors (Lipinski definition) is 3. The minimum Gasteiger partial charge on any atom is -0.305 e. The van der Waals surface area contributed by atoms with Crippen molar-refractivity contribution in [2.45, 2.75) is 26.8 Å². The van der Waals surface area contributed by atoms with Gasteiger partial charge in [-0.1, -0.05) is 23.2 Å². The lowest BCUT2D eigenvalue weighted by Crippen LogP contribution is -2.42. The zero-order valence-corrected chi connectivity index (χ0v) is 16.7. The van der Waals surface area contributed by atoms with Gasteiger partial charge in [-0.25, -0.2) is 0 Å². The van der Waals surface area contributed by atoms with Gasteiger partial charge in [0.1, 0.15) is 5.69 Å². The highest BCUT2D eigenvalue weighted by Crippen LogP contribution is 2.35. The molecule has 0 aliphatic carbocycles. The largest absolute Gasteiger partial charge is 0.305 e. The first-order valence-electron chi connectivity index (χ1n) is 8.65. The van der Waals surface area contributed by atoms with E-state index in [0.717, 1.165) is 28.2 Å². The first-order valence-corrected chi connectivity index (χ1v) is 9.41. The Labute approximate surface area is 167 Å². The number of benzene rings is 1. The molecule has 0 fully saturated rings. The molecule has 0 saturated carbocycles. The van der Waals surface area contributed by atoms with Crippen molar-refractivity contribution in [3.05, 3.63) is 63.7 Å². The number of amides is 1. The maximum atomic E-state index is 13.4. The topological polar surface area (TPSA) is 51.0 Å². The molecule has 1 atom stereocenters. The fraction of sp³-hybridized carbons (Fsp3) is 0.250. The average Bonchev–Trinajstić information content (AvgIpc) is 3.06. The molecule has 0 N–H and O–H groups in total. The molecule has 1 aliphatic rings. The van der Waals surface area contributed by atoms with E-state index in [1.807, 2.05) is 39.0 Å². The van der Waals surface area contributed by atoms with Crippen molar-refractivity contribution in [3.63, 3.8) is 0 Å². The molecule has 0 spiro atoms. The molecule has 0 bridgehead atoms. The minimum absolute atomic E-state index is 0.0323. The number of rotatable bonds is 2. The van der Waals surface area contributed by atoms with Gasteiger partial charge >= 0.3 is 0 Å². The van der Waals surface area contributed by atoms with Gasteiger partial charge in [-0.05, 0) is 56.7 Å². The quantitative estimate of drug-likeness (QED) is 0.601. The molecule has 7 heteroatoms. The highest BCUT2D eigenvalue weighted by molar-refractivity contribution is 6.42. The standard InChI is InChI=1S/C20H18Cl2N4O/c1-11-6-14(7-12(2)24-11)16-9-23-26-13(3)10-25(20(27)19(16)26)15-4-5-17(21)18(22)8-15/h4-9,13H,10H2,1-3H3/t13-/m0/s1. The second kappa shape index (κ2) is 6.66. The Morgan fingerprint density at radius 3 is 2.44 bits per heavy atom. The van der Waals surface area contributed by atoms with E-state index in [-0.39, 0.29) is 11.9 Å². The second-order valence-corrected chi connectivity index (χ2v) is 7.67. The summed E-state index contributed by atoms with van der Waals surface area (Å²) in [4.78, 5) is 19.5. The van der Waals surface area contributed by atoms with E-state index in [1.54, 1.807) is 27.9 Å². The zero-order chi connectivity index (χ0) is 19.3. The van der Waals surface area contributed by atoms with Crippen LogP contribution in [0.1, 0.15) is 34.8 Å². The maximum absolute atomic E-state index is 13.4. The van der Waals surface area contributed by atoms with Crippen molar-refractivity contribution in [1.29, 1.82) is 0 Å². The van der Waals surface area contributed by atoms with Crippen LogP contribution >= 0.6 is 23.2 Å². The van der Waals surface area contributed by atoms with Crippen LogP contribution in [-0.4, -0.2) is 27.2 Å². The van der Waals surface area contributed by atoms with Crippen LogP contribution in [0, 0.1) is 13.8 Å². The fourth-order valence-corrected chi connectivity index (χ4v) is 3.83. The first kappa shape index (κ1) is 18.0. The number of carbonyl (C=O) groups is 1. The Morgan fingerprint density at radius 2 is 1.78 bits per heavy atom. The van der Waals surface area contributed by atoms with E-state index in [0.29, 0.717) is 22.3 Å². The molecule has 1 aromatic carbocycles. The van der Waals surface area contributed by atoms with Crippen LogP contribution in [0.3, 0.4) is 0 Å². The Balaban J connectivity index is 1.83. The molecule has 5 nitrogen and oxygen atoms in total. The molecule has 2 aromatic heterocycles. The number of carbonyl (C=O) groups excluding carboxylic acids is 1. The van der Waals surface area contributed by atoms with Crippen molar-refractivity contribution in [1.82, 2.24) is 14.8 Å². The number of aryl methyl sites for hydroxylation is 2. The van der Waals surface area contributed by atoms with E-state index in [1.165, 1.54) is 0 Å². The number of hydrogen-bond donors (Lipinski definition) is 0. The number of pyridine rings is 1. The van der Waals surface area contributed by atoms with Crippen molar-refractivity contribution >= 4 is 34.8 Å². The van der Waals surface area contributed by atoms with Crippen molar-refractivity contribution in [2.24, 2.45) is 0 Å². The van der Waals surface area contributed by atoms with Crippen molar-refractivity contribution in [3.8, 4) is 11.1 Å². The van der Waals surface area contributed by atoms with Gasteiger partial charge in [0.2, 0.25) is 0 Å². The van der Waals surface area contributed by atoms with Gasteiger partial charge < -0.3 is 4.90 Å². The van der Waals surface area contributed by atoms with Crippen molar-refractivity contribution < 1.29 is 4.79 Å². The van der Waals surface area contributed by atoms with Gasteiger partial charge in [0, 0.05) is 29.2 Å². The summed E-state index contributed by atoms with van der Waals surface area (Å²) < 4.78 is 1.80. The van der Waals surface area contributed by atoms with Crippen LogP contribution < -0.4 is 4.90 Å². The molecule has 3 aromatic rings. The molecule has 1 amide bonds. The third-order valence-electron chi connectivity index (χ3n) is 4.71. The molecule has 0 unspecified atom stereocenters. The highest BCUT2D eigenvalue weighted by atomic mass is 35.5. The fourth-order valence-electron chi connectivity index (χ4n) is 3.54. The molecule has 27 heavy (non-hydrogen) atoms. The summed E-state index contributed by atoms with van der Waals surface area (Å²) in [5.41, 5.74) is 4.86. The predicted molar refractivity (Wildman–Crippen MR) is 108 cm³/mol. The van der Waals surface area contributed by atoms with Gasteiger partial charge in [0.25, 0.3) is 5.91 Å². The highest BCUT2D eigenvalue weighted by Gasteiger charge is 2.34. The molecule has 1 aliphatic heterocycles. The third-order valence-corrected chi connectivity index (χ3v) is 5.45. The lowest BCUT2D eigenvalue weighted by Gasteiger charge is -2.32. The second-order valence-electron chi connectivity index (χ2n) is 6.85.